The van der Waals surface area contributed by atoms with E-state index in [1.54, 1.807) is 0 Å². The van der Waals surface area contributed by atoms with Crippen LogP contribution in [0.25, 0.3) is 0 Å². The van der Waals surface area contributed by atoms with Crippen molar-refractivity contribution < 1.29 is 64.2 Å². The molecule has 0 spiro atoms. The number of aliphatic hydroxyl groups excluding tert-OH is 1. The molecule has 0 aromatic carbocycles. The summed E-state index contributed by atoms with van der Waals surface area (Å²) in [6, 6.07) is 0. The number of nitrogens with two attached hydrogens (primary N) is 1. The fraction of sp³-hybridized carbons (Fsp3) is 0.667. The van der Waals surface area contributed by atoms with Crippen LogP contribution in [0.5, 0.6) is 0 Å². The third-order valence-electron chi connectivity index (χ3n) is 0.296. The summed E-state index contributed by atoms with van der Waals surface area (Å²) in [5, 5.41) is 7.86. The predicted molar refractivity (Wildman–Crippen MR) is 19.9 cm³/mol. The van der Waals surface area contributed by atoms with Crippen molar-refractivity contribution in [3.8, 4) is 0 Å². The molecule has 4 heteroatoms. The normalized spacial score (nSPS) is 6.00. The molecule has 3 N–H and O–H groups in total. The van der Waals surface area contributed by atoms with Crippen molar-refractivity contribution in [2.45, 2.75) is 6.42 Å². The summed E-state index contributed by atoms with van der Waals surface area (Å²) in [4.78, 5) is 0. The van der Waals surface area contributed by atoms with Crippen molar-refractivity contribution in [1.29, 1.82) is 0 Å². The SMILES string of the molecule is NCC[CH-]O.[Na+].[Na+]. The summed E-state index contributed by atoms with van der Waals surface area (Å²) < 4.78 is 0. The molecule has 0 amide bonds. The summed E-state index contributed by atoms with van der Waals surface area (Å²) in [6.45, 7) is 1.59. The van der Waals surface area contributed by atoms with Crippen LogP contribution in [-0.4, -0.2) is 11.7 Å². The van der Waals surface area contributed by atoms with Crippen molar-refractivity contribution in [2.24, 2.45) is 5.73 Å². The van der Waals surface area contributed by atoms with Crippen LogP contribution in [0.3, 0.4) is 0 Å². The summed E-state index contributed by atoms with van der Waals surface area (Å²) in [7, 11) is 0. The Labute approximate surface area is 88.4 Å². The molecule has 0 unspecified atom stereocenters. The Morgan fingerprint density at radius 1 is 1.43 bits per heavy atom. The van der Waals surface area contributed by atoms with Gasteiger partial charge in [0.25, 0.3) is 0 Å². The standard InChI is InChI=1S/C3H8NO.2Na/c4-2-1-3-5;;/h3,5H,1-2,4H2;;/q-1;2*+1. The largest absolute Gasteiger partial charge is 1.00 e. The average Bonchev–Trinajstić information content (AvgIpc) is 1.41. The smallest absolute Gasteiger partial charge is 0.566 e. The van der Waals surface area contributed by atoms with Gasteiger partial charge < -0.3 is 10.8 Å². The van der Waals surface area contributed by atoms with Crippen molar-refractivity contribution in [1.82, 2.24) is 0 Å². The zero-order valence-electron chi connectivity index (χ0n) is 5.02. The second-order valence-corrected chi connectivity index (χ2v) is 0.760. The van der Waals surface area contributed by atoms with E-state index in [9.17, 15) is 0 Å². The maximum Gasteiger partial charge on any atom is 1.00 e. The molecule has 0 aliphatic carbocycles. The molecule has 0 aromatic heterocycles. The average molecular weight is 120 g/mol. The van der Waals surface area contributed by atoms with Crippen LogP contribution in [0.4, 0.5) is 0 Å². The summed E-state index contributed by atoms with van der Waals surface area (Å²) in [5.41, 5.74) is 4.95. The molecule has 0 fully saturated rings. The molecule has 2 nitrogen and oxygen atoms in total. The van der Waals surface area contributed by atoms with Crippen LogP contribution < -0.4 is 64.8 Å². The van der Waals surface area contributed by atoms with Gasteiger partial charge in [0.1, 0.15) is 0 Å². The molecule has 0 atom stereocenters. The van der Waals surface area contributed by atoms with Crippen LogP contribution >= 0.6 is 0 Å². The minimum absolute atomic E-state index is 0. The van der Waals surface area contributed by atoms with Gasteiger partial charge in [-0.05, 0) is 6.54 Å². The third-order valence-corrected chi connectivity index (χ3v) is 0.296. The Morgan fingerprint density at radius 3 is 1.86 bits per heavy atom. The van der Waals surface area contributed by atoms with Gasteiger partial charge in [-0.1, -0.05) is 0 Å². The predicted octanol–water partition coefficient (Wildman–Crippen LogP) is -6.12. The van der Waals surface area contributed by atoms with E-state index in [1.165, 1.54) is 0 Å². The third kappa shape index (κ3) is 18.1. The van der Waals surface area contributed by atoms with Gasteiger partial charge in [-0.25, -0.2) is 6.61 Å². The van der Waals surface area contributed by atoms with Crippen molar-refractivity contribution in [3.63, 3.8) is 0 Å². The monoisotopic (exact) mass is 120 g/mol. The van der Waals surface area contributed by atoms with E-state index in [1.807, 2.05) is 0 Å². The first-order valence-electron chi connectivity index (χ1n) is 1.57. The fourth-order valence-electron chi connectivity index (χ4n) is 0.0745. The van der Waals surface area contributed by atoms with Crippen molar-refractivity contribution in [2.75, 3.05) is 6.54 Å². The van der Waals surface area contributed by atoms with Crippen LogP contribution in [0, 0.1) is 6.61 Å². The minimum atomic E-state index is 0. The van der Waals surface area contributed by atoms with E-state index in [2.05, 4.69) is 0 Å². The first-order valence-corrected chi connectivity index (χ1v) is 1.57. The van der Waals surface area contributed by atoms with E-state index in [0.29, 0.717) is 13.0 Å². The molecule has 0 rings (SSSR count). The Kier molecular flexibility index (Phi) is 35.7. The molecule has 0 heterocycles. The first-order chi connectivity index (χ1) is 2.41. The van der Waals surface area contributed by atoms with Crippen LogP contribution in [0.15, 0.2) is 0 Å². The second kappa shape index (κ2) is 15.7. The quantitative estimate of drug-likeness (QED) is 0.281. The van der Waals surface area contributed by atoms with Gasteiger partial charge in [0.15, 0.2) is 0 Å². The van der Waals surface area contributed by atoms with Crippen molar-refractivity contribution >= 4 is 0 Å². The zero-order chi connectivity index (χ0) is 4.12. The molecule has 0 bridgehead atoms. The van der Waals surface area contributed by atoms with Crippen molar-refractivity contribution in [3.05, 3.63) is 6.61 Å². The molecule has 0 aromatic rings. The molecule has 0 saturated heterocycles. The number of hydrogen-bond donors (Lipinski definition) is 2. The minimum Gasteiger partial charge on any atom is -0.566 e. The molecular weight excluding hydrogens is 112 g/mol. The molecule has 7 heavy (non-hydrogen) atoms. The van der Waals surface area contributed by atoms with Gasteiger partial charge in [0.2, 0.25) is 0 Å². The summed E-state index contributed by atoms with van der Waals surface area (Å²) >= 11 is 0. The van der Waals surface area contributed by atoms with Crippen LogP contribution in [-0.2, 0) is 0 Å². The van der Waals surface area contributed by atoms with Gasteiger partial charge in [-0.3, -0.25) is 0 Å². The molecule has 0 radical (unpaired) electrons. The van der Waals surface area contributed by atoms with Crippen LogP contribution in [0.2, 0.25) is 0 Å². The Hall–Kier alpha value is 1.92. The molecular formula is C3H8NNa2O+. The number of rotatable bonds is 2. The summed E-state index contributed by atoms with van der Waals surface area (Å²) in [5.74, 6) is 0. The molecule has 32 valence electrons. The Balaban J connectivity index is -0.0000000800. The molecule has 0 aliphatic rings. The van der Waals surface area contributed by atoms with Gasteiger partial charge in [0, 0.05) is 0 Å². The summed E-state index contributed by atoms with van der Waals surface area (Å²) in [6.07, 6.45) is 0.597. The van der Waals surface area contributed by atoms with Gasteiger partial charge in [-0.2, -0.15) is 0 Å². The van der Waals surface area contributed by atoms with Crippen LogP contribution in [0.1, 0.15) is 6.42 Å². The Bertz CT molecular complexity index is 20.4. The van der Waals surface area contributed by atoms with Gasteiger partial charge in [0.05, 0.1) is 0 Å². The van der Waals surface area contributed by atoms with E-state index in [0.717, 1.165) is 6.61 Å². The fourth-order valence-corrected chi connectivity index (χ4v) is 0.0745. The van der Waals surface area contributed by atoms with Gasteiger partial charge >= 0.3 is 59.1 Å². The number of hydrogen-bond acceptors (Lipinski definition) is 2. The maximum atomic E-state index is 7.86. The maximum absolute atomic E-state index is 7.86. The topological polar surface area (TPSA) is 46.2 Å². The van der Waals surface area contributed by atoms with Gasteiger partial charge in [-0.15, -0.1) is 6.42 Å². The molecule has 0 aliphatic heterocycles. The Morgan fingerprint density at radius 2 is 1.86 bits per heavy atom. The second-order valence-electron chi connectivity index (χ2n) is 0.760. The zero-order valence-corrected chi connectivity index (χ0v) is 9.02. The number of aliphatic hydroxyl groups is 1. The molecule has 0 saturated carbocycles. The van der Waals surface area contributed by atoms with E-state index in [-0.39, 0.29) is 59.1 Å². The first kappa shape index (κ1) is 16.0. The van der Waals surface area contributed by atoms with E-state index in [4.69, 9.17) is 10.8 Å². The van der Waals surface area contributed by atoms with E-state index < -0.39 is 0 Å². The van der Waals surface area contributed by atoms with E-state index >= 15 is 0 Å².